The van der Waals surface area contributed by atoms with Crippen molar-refractivity contribution in [3.05, 3.63) is 0 Å². The molecule has 2 aliphatic rings. The van der Waals surface area contributed by atoms with Crippen molar-refractivity contribution in [2.75, 3.05) is 85.8 Å². The van der Waals surface area contributed by atoms with Crippen molar-refractivity contribution < 1.29 is 9.47 Å². The molecule has 2 heterocycles. The predicted octanol–water partition coefficient (Wildman–Crippen LogP) is 0.363. The Bertz CT molecular complexity index is 213. The molecule has 0 N–H and O–H groups in total. The molecule has 0 amide bonds. The summed E-state index contributed by atoms with van der Waals surface area (Å²) >= 11 is 0. The van der Waals surface area contributed by atoms with Crippen LogP contribution < -0.4 is 0 Å². The third kappa shape index (κ3) is 6.50. The van der Waals surface area contributed by atoms with Gasteiger partial charge in [0.2, 0.25) is 0 Å². The van der Waals surface area contributed by atoms with Crippen LogP contribution in [0.15, 0.2) is 0 Å². The van der Waals surface area contributed by atoms with Crippen molar-refractivity contribution in [3.63, 3.8) is 0 Å². The topological polar surface area (TPSA) is 28.2 Å². The highest BCUT2D eigenvalue weighted by molar-refractivity contribution is 4.66. The van der Waals surface area contributed by atoms with Gasteiger partial charge in [-0.15, -0.1) is 0 Å². The van der Waals surface area contributed by atoms with Gasteiger partial charge in [0, 0.05) is 65.6 Å². The normalized spacial score (nSPS) is 23.7. The first-order valence-electron chi connectivity index (χ1n) is 8.13. The fraction of sp³-hybridized carbons (Fsp3) is 1.00. The molecular weight excluding hydrogens is 254 g/mol. The Hall–Kier alpha value is -0.200. The van der Waals surface area contributed by atoms with Crippen molar-refractivity contribution in [1.29, 1.82) is 0 Å². The fourth-order valence-corrected chi connectivity index (χ4v) is 2.78. The highest BCUT2D eigenvalue weighted by Gasteiger charge is 2.12. The SMILES string of the molecule is CN(CCN1CCCOCC1)CCN1CCCOCC1. The molecule has 0 aromatic carbocycles. The second-order valence-electron chi connectivity index (χ2n) is 5.92. The van der Waals surface area contributed by atoms with Crippen LogP contribution in [0.1, 0.15) is 12.8 Å². The number of nitrogens with zero attached hydrogens (tertiary/aromatic N) is 3. The number of rotatable bonds is 6. The van der Waals surface area contributed by atoms with Crippen molar-refractivity contribution in [2.45, 2.75) is 12.8 Å². The zero-order valence-corrected chi connectivity index (χ0v) is 13.1. The summed E-state index contributed by atoms with van der Waals surface area (Å²) in [5.74, 6) is 0. The summed E-state index contributed by atoms with van der Waals surface area (Å²) in [4.78, 5) is 7.52. The molecule has 5 nitrogen and oxygen atoms in total. The molecule has 20 heavy (non-hydrogen) atoms. The zero-order valence-electron chi connectivity index (χ0n) is 13.1. The Morgan fingerprint density at radius 1 is 0.750 bits per heavy atom. The molecule has 5 heteroatoms. The first kappa shape index (κ1) is 16.2. The summed E-state index contributed by atoms with van der Waals surface area (Å²) in [6, 6.07) is 0. The number of hydrogen-bond acceptors (Lipinski definition) is 5. The average Bonchev–Trinajstić information content (AvgIpc) is 2.87. The summed E-state index contributed by atoms with van der Waals surface area (Å²) in [5, 5.41) is 0. The molecule has 2 fully saturated rings. The molecule has 0 aromatic rings. The van der Waals surface area contributed by atoms with Crippen LogP contribution in [0.25, 0.3) is 0 Å². The van der Waals surface area contributed by atoms with Gasteiger partial charge in [0.05, 0.1) is 13.2 Å². The van der Waals surface area contributed by atoms with E-state index >= 15 is 0 Å². The lowest BCUT2D eigenvalue weighted by atomic mass is 10.3. The van der Waals surface area contributed by atoms with Crippen molar-refractivity contribution in [3.8, 4) is 0 Å². The fourth-order valence-electron chi connectivity index (χ4n) is 2.78. The summed E-state index contributed by atoms with van der Waals surface area (Å²) in [6.45, 7) is 12.9. The van der Waals surface area contributed by atoms with Crippen molar-refractivity contribution in [1.82, 2.24) is 14.7 Å². The van der Waals surface area contributed by atoms with Gasteiger partial charge in [0.1, 0.15) is 0 Å². The maximum absolute atomic E-state index is 5.50. The van der Waals surface area contributed by atoms with Crippen LogP contribution in [0.2, 0.25) is 0 Å². The molecular formula is C15H31N3O2. The molecule has 2 rings (SSSR count). The Balaban J connectivity index is 1.55. The number of hydrogen-bond donors (Lipinski definition) is 0. The van der Waals surface area contributed by atoms with Gasteiger partial charge in [-0.25, -0.2) is 0 Å². The van der Waals surface area contributed by atoms with E-state index in [0.717, 1.165) is 52.6 Å². The van der Waals surface area contributed by atoms with E-state index in [9.17, 15) is 0 Å². The molecule has 0 atom stereocenters. The molecule has 0 saturated carbocycles. The van der Waals surface area contributed by atoms with Gasteiger partial charge < -0.3 is 14.4 Å². The van der Waals surface area contributed by atoms with Gasteiger partial charge in [0.15, 0.2) is 0 Å². The minimum absolute atomic E-state index is 0.900. The van der Waals surface area contributed by atoms with Crippen molar-refractivity contribution >= 4 is 0 Å². The quantitative estimate of drug-likeness (QED) is 0.703. The molecule has 0 radical (unpaired) electrons. The van der Waals surface area contributed by atoms with Gasteiger partial charge in [-0.05, 0) is 19.9 Å². The third-order valence-corrected chi connectivity index (χ3v) is 4.23. The first-order chi connectivity index (χ1) is 9.84. The molecule has 2 saturated heterocycles. The van der Waals surface area contributed by atoms with E-state index in [1.807, 2.05) is 0 Å². The van der Waals surface area contributed by atoms with E-state index < -0.39 is 0 Å². The van der Waals surface area contributed by atoms with Gasteiger partial charge in [-0.3, -0.25) is 9.80 Å². The second-order valence-corrected chi connectivity index (χ2v) is 5.92. The smallest absolute Gasteiger partial charge is 0.0593 e. The van der Waals surface area contributed by atoms with E-state index in [4.69, 9.17) is 9.47 Å². The molecule has 0 aromatic heterocycles. The first-order valence-corrected chi connectivity index (χ1v) is 8.13. The highest BCUT2D eigenvalue weighted by Crippen LogP contribution is 2.01. The Morgan fingerprint density at radius 3 is 1.75 bits per heavy atom. The Kier molecular flexibility index (Phi) is 7.83. The minimum Gasteiger partial charge on any atom is -0.380 e. The predicted molar refractivity (Wildman–Crippen MR) is 81.2 cm³/mol. The number of ether oxygens (including phenoxy) is 2. The third-order valence-electron chi connectivity index (χ3n) is 4.23. The maximum atomic E-state index is 5.50. The zero-order chi connectivity index (χ0) is 14.0. The number of likely N-dealkylation sites (N-methyl/N-ethyl adjacent to an activating group) is 1. The van der Waals surface area contributed by atoms with Crippen LogP contribution in [-0.4, -0.2) is 101 Å². The van der Waals surface area contributed by atoms with E-state index in [1.165, 1.54) is 39.0 Å². The highest BCUT2D eigenvalue weighted by atomic mass is 16.5. The molecule has 0 aliphatic carbocycles. The molecule has 118 valence electrons. The maximum Gasteiger partial charge on any atom is 0.0593 e. The molecule has 0 unspecified atom stereocenters. The monoisotopic (exact) mass is 285 g/mol. The van der Waals surface area contributed by atoms with Crippen LogP contribution in [0.4, 0.5) is 0 Å². The lowest BCUT2D eigenvalue weighted by Crippen LogP contribution is -2.39. The van der Waals surface area contributed by atoms with E-state index in [0.29, 0.717) is 0 Å². The van der Waals surface area contributed by atoms with Gasteiger partial charge in [-0.1, -0.05) is 0 Å². The van der Waals surface area contributed by atoms with Crippen LogP contribution in [0.5, 0.6) is 0 Å². The molecule has 2 aliphatic heterocycles. The Morgan fingerprint density at radius 2 is 1.25 bits per heavy atom. The summed E-state index contributed by atoms with van der Waals surface area (Å²) in [5.41, 5.74) is 0. The van der Waals surface area contributed by atoms with E-state index in [-0.39, 0.29) is 0 Å². The van der Waals surface area contributed by atoms with E-state index in [1.54, 1.807) is 0 Å². The summed E-state index contributed by atoms with van der Waals surface area (Å²) in [6.07, 6.45) is 2.36. The second kappa shape index (κ2) is 9.68. The lowest BCUT2D eigenvalue weighted by Gasteiger charge is -2.26. The van der Waals surface area contributed by atoms with Crippen molar-refractivity contribution in [2.24, 2.45) is 0 Å². The lowest BCUT2D eigenvalue weighted by molar-refractivity contribution is 0.135. The molecule has 0 bridgehead atoms. The summed E-state index contributed by atoms with van der Waals surface area (Å²) in [7, 11) is 2.24. The van der Waals surface area contributed by atoms with Gasteiger partial charge in [-0.2, -0.15) is 0 Å². The van der Waals surface area contributed by atoms with Gasteiger partial charge in [0.25, 0.3) is 0 Å². The summed E-state index contributed by atoms with van der Waals surface area (Å²) < 4.78 is 11.0. The standard InChI is InChI=1S/C15H31N3O2/c1-16(6-8-17-4-2-12-19-14-10-17)7-9-18-5-3-13-20-15-11-18/h2-15H2,1H3. The van der Waals surface area contributed by atoms with Crippen LogP contribution in [0.3, 0.4) is 0 Å². The molecule has 0 spiro atoms. The van der Waals surface area contributed by atoms with Crippen LogP contribution in [0, 0.1) is 0 Å². The largest absolute Gasteiger partial charge is 0.380 e. The van der Waals surface area contributed by atoms with Crippen LogP contribution in [-0.2, 0) is 9.47 Å². The Labute approximate surface area is 123 Å². The van der Waals surface area contributed by atoms with Gasteiger partial charge >= 0.3 is 0 Å². The van der Waals surface area contributed by atoms with Crippen LogP contribution >= 0.6 is 0 Å². The average molecular weight is 285 g/mol. The minimum atomic E-state index is 0.900. The van der Waals surface area contributed by atoms with E-state index in [2.05, 4.69) is 21.7 Å².